The van der Waals surface area contributed by atoms with Gasteiger partial charge in [0.1, 0.15) is 20.0 Å². The van der Waals surface area contributed by atoms with Gasteiger partial charge in [0, 0.05) is 0 Å². The fourth-order valence-corrected chi connectivity index (χ4v) is 0.844. The third-order valence-corrected chi connectivity index (χ3v) is 1.60. The molecule has 0 heterocycles. The monoisotopic (exact) mass is 285 g/mol. The van der Waals surface area contributed by atoms with Crippen LogP contribution in [0, 0.1) is 0 Å². The first-order valence-electron chi connectivity index (χ1n) is 4.91. The summed E-state index contributed by atoms with van der Waals surface area (Å²) in [5, 5.41) is 4.29. The fourth-order valence-electron chi connectivity index (χ4n) is 0.844. The van der Waals surface area contributed by atoms with E-state index in [-0.39, 0.29) is 13.3 Å². The largest absolute Gasteiger partial charge is 0.400 e. The number of carbonyl (C=O) groups is 2. The molecule has 20 heavy (non-hydrogen) atoms. The Bertz CT molecular complexity index is 452. The predicted molar refractivity (Wildman–Crippen MR) is 63.5 cm³/mol. The number of rotatable bonds is 7. The Hall–Kier alpha value is -3.07. The fraction of sp³-hybridized carbons (Fsp3) is 0.375. The van der Waals surface area contributed by atoms with Crippen LogP contribution in [0.15, 0.2) is 15.0 Å². The van der Waals surface area contributed by atoms with Crippen molar-refractivity contribution in [3.63, 3.8) is 0 Å². The molecule has 0 radical (unpaired) electrons. The number of nitrogens with one attached hydrogen (secondary N) is 2. The number of hydrogen-bond acceptors (Lipinski definition) is 9. The number of hydrogen-bond donors (Lipinski definition) is 3. The minimum absolute atomic E-state index is 0.225. The Morgan fingerprint density at radius 2 is 1.75 bits per heavy atom. The maximum Gasteiger partial charge on any atom is 0.328 e. The smallest absolute Gasteiger partial charge is 0.328 e. The summed E-state index contributed by atoms with van der Waals surface area (Å²) in [4.78, 5) is 57.2. The van der Waals surface area contributed by atoms with E-state index in [4.69, 9.17) is 0 Å². The molecule has 4 N–H and O–H groups in total. The van der Waals surface area contributed by atoms with Gasteiger partial charge in [-0.1, -0.05) is 0 Å². The van der Waals surface area contributed by atoms with Crippen molar-refractivity contribution in [3.05, 3.63) is 0 Å². The summed E-state index contributed by atoms with van der Waals surface area (Å²) in [6.07, 6.45) is 3.23. The molecular formula is C8H11N7O5. The molecule has 0 spiro atoms. The number of isocyanates is 2. The second-order valence-corrected chi connectivity index (χ2v) is 2.77. The molecule has 12 nitrogen and oxygen atoms in total. The van der Waals surface area contributed by atoms with Crippen LogP contribution in [0.1, 0.15) is 0 Å². The van der Waals surface area contributed by atoms with E-state index in [0.717, 1.165) is 6.40 Å². The van der Waals surface area contributed by atoms with Gasteiger partial charge in [0.15, 0.2) is 6.40 Å². The lowest BCUT2D eigenvalue weighted by molar-refractivity contribution is 0.187. The van der Waals surface area contributed by atoms with Crippen LogP contribution in [0.3, 0.4) is 0 Å². The normalized spacial score (nSPS) is 9.05. The van der Waals surface area contributed by atoms with E-state index >= 15 is 0 Å². The average Bonchev–Trinajstić information content (AvgIpc) is 2.44. The van der Waals surface area contributed by atoms with Crippen LogP contribution in [-0.2, 0) is 14.4 Å². The molecule has 108 valence electrons. The Kier molecular flexibility index (Phi) is 9.35. The van der Waals surface area contributed by atoms with Crippen molar-refractivity contribution >= 4 is 30.6 Å². The van der Waals surface area contributed by atoms with Crippen LogP contribution in [0.4, 0.5) is 9.59 Å². The summed E-state index contributed by atoms with van der Waals surface area (Å²) in [7, 11) is 0. The lowest BCUT2D eigenvalue weighted by atomic mass is 10.7. The number of amides is 4. The molecule has 0 atom stereocenters. The molecule has 0 rings (SSSR count). The number of carbonyl (C=O) groups excluding carboxylic acids is 4. The Balaban J connectivity index is 4.55. The van der Waals surface area contributed by atoms with Gasteiger partial charge in [0.05, 0.1) is 0 Å². The Morgan fingerprint density at radius 1 is 1.15 bits per heavy atom. The number of aliphatic imine (C=N–C) groups is 3. The zero-order valence-electron chi connectivity index (χ0n) is 10.1. The number of nitrogens with two attached hydrogens (primary N) is 1. The van der Waals surface area contributed by atoms with Crippen molar-refractivity contribution in [2.45, 2.75) is 0 Å². The summed E-state index contributed by atoms with van der Waals surface area (Å²) >= 11 is 0. The highest BCUT2D eigenvalue weighted by Gasteiger charge is 2.20. The summed E-state index contributed by atoms with van der Waals surface area (Å²) in [6.45, 7) is -1.17. The van der Waals surface area contributed by atoms with Crippen LogP contribution < -0.4 is 16.5 Å². The molecule has 0 fully saturated rings. The molecule has 0 aliphatic rings. The standard InChI is InChI=1S/C8H11N7O5/c9-20-6-11-2-14-8(19)15(3-12-5-17)7(18)13-1-10-4-16/h6H,1-3,9H2,(H,13,18)(H,14,19). The average molecular weight is 285 g/mol. The van der Waals surface area contributed by atoms with Crippen LogP contribution in [0.25, 0.3) is 0 Å². The second-order valence-electron chi connectivity index (χ2n) is 2.77. The lowest BCUT2D eigenvalue weighted by Crippen LogP contribution is -2.48. The van der Waals surface area contributed by atoms with Crippen molar-refractivity contribution in [1.29, 1.82) is 0 Å². The van der Waals surface area contributed by atoms with Gasteiger partial charge in [0.2, 0.25) is 12.2 Å². The maximum absolute atomic E-state index is 11.6. The van der Waals surface area contributed by atoms with E-state index in [9.17, 15) is 19.2 Å². The molecule has 0 unspecified atom stereocenters. The van der Waals surface area contributed by atoms with E-state index in [2.05, 4.69) is 36.3 Å². The topological polar surface area (TPSA) is 168 Å². The first kappa shape index (κ1) is 16.9. The van der Waals surface area contributed by atoms with Crippen molar-refractivity contribution in [3.8, 4) is 0 Å². The van der Waals surface area contributed by atoms with E-state index in [1.165, 1.54) is 12.2 Å². The molecule has 0 aliphatic heterocycles. The molecule has 0 aliphatic carbocycles. The van der Waals surface area contributed by atoms with E-state index < -0.39 is 18.7 Å². The first-order valence-corrected chi connectivity index (χ1v) is 4.91. The quantitative estimate of drug-likeness (QED) is 0.215. The molecule has 12 heteroatoms. The van der Waals surface area contributed by atoms with Crippen LogP contribution >= 0.6 is 0 Å². The van der Waals surface area contributed by atoms with Gasteiger partial charge >= 0.3 is 12.1 Å². The molecule has 0 saturated carbocycles. The third kappa shape index (κ3) is 7.29. The molecule has 0 aromatic carbocycles. The van der Waals surface area contributed by atoms with Gasteiger partial charge in [-0.2, -0.15) is 15.9 Å². The number of urea groups is 2. The summed E-state index contributed by atoms with van der Waals surface area (Å²) in [5.41, 5.74) is 0. The SMILES string of the molecule is NOC=NCNC(=O)N(CN=C=O)C(=O)NCN=C=O. The first-order chi connectivity index (χ1) is 9.67. The van der Waals surface area contributed by atoms with E-state index in [1.54, 1.807) is 0 Å². The summed E-state index contributed by atoms with van der Waals surface area (Å²) < 4.78 is 0. The molecule has 0 aromatic heterocycles. The zero-order valence-corrected chi connectivity index (χ0v) is 10.1. The highest BCUT2D eigenvalue weighted by Crippen LogP contribution is 1.92. The van der Waals surface area contributed by atoms with E-state index in [1.807, 2.05) is 0 Å². The minimum atomic E-state index is -0.931. The second kappa shape index (κ2) is 11.0. The molecule has 0 bridgehead atoms. The van der Waals surface area contributed by atoms with Gasteiger partial charge in [-0.25, -0.2) is 29.1 Å². The lowest BCUT2D eigenvalue weighted by Gasteiger charge is -2.17. The van der Waals surface area contributed by atoms with Crippen molar-refractivity contribution in [1.82, 2.24) is 15.5 Å². The zero-order chi connectivity index (χ0) is 15.2. The maximum atomic E-state index is 11.6. The van der Waals surface area contributed by atoms with Crippen molar-refractivity contribution in [2.24, 2.45) is 20.9 Å². The molecular weight excluding hydrogens is 274 g/mol. The molecule has 0 aromatic rings. The van der Waals surface area contributed by atoms with Crippen LogP contribution in [0.2, 0.25) is 0 Å². The van der Waals surface area contributed by atoms with Crippen molar-refractivity contribution in [2.75, 3.05) is 20.0 Å². The van der Waals surface area contributed by atoms with Gasteiger partial charge in [-0.15, -0.1) is 0 Å². The van der Waals surface area contributed by atoms with Gasteiger partial charge in [-0.3, -0.25) is 0 Å². The Morgan fingerprint density at radius 3 is 2.30 bits per heavy atom. The number of nitrogens with zero attached hydrogens (tertiary/aromatic N) is 4. The summed E-state index contributed by atoms with van der Waals surface area (Å²) in [5.74, 6) is 4.65. The predicted octanol–water partition coefficient (Wildman–Crippen LogP) is -1.83. The molecule has 4 amide bonds. The minimum Gasteiger partial charge on any atom is -0.400 e. The van der Waals surface area contributed by atoms with Crippen molar-refractivity contribution < 1.29 is 24.0 Å². The molecule has 0 saturated heterocycles. The summed E-state index contributed by atoms with van der Waals surface area (Å²) in [6, 6.07) is -1.83. The third-order valence-electron chi connectivity index (χ3n) is 1.60. The van der Waals surface area contributed by atoms with Crippen LogP contribution in [0.5, 0.6) is 0 Å². The highest BCUT2D eigenvalue weighted by atomic mass is 16.6. The highest BCUT2D eigenvalue weighted by molar-refractivity contribution is 5.93. The van der Waals surface area contributed by atoms with Gasteiger partial charge in [-0.05, 0) is 0 Å². The van der Waals surface area contributed by atoms with Gasteiger partial charge in [0.25, 0.3) is 0 Å². The Labute approximate surface area is 112 Å². The van der Waals surface area contributed by atoms with Gasteiger partial charge < -0.3 is 15.5 Å². The number of imide groups is 1. The van der Waals surface area contributed by atoms with E-state index in [0.29, 0.717) is 4.90 Å². The van der Waals surface area contributed by atoms with Crippen LogP contribution in [-0.4, -0.2) is 55.5 Å².